The molecule has 2 aliphatic rings. The van der Waals surface area contributed by atoms with Gasteiger partial charge in [-0.15, -0.1) is 15.3 Å². The topological polar surface area (TPSA) is 87.6 Å². The Morgan fingerprint density at radius 3 is 1.97 bits per heavy atom. The fourth-order valence-corrected chi connectivity index (χ4v) is 4.44. The van der Waals surface area contributed by atoms with Crippen molar-refractivity contribution in [1.29, 1.82) is 0 Å². The first-order chi connectivity index (χ1) is 17.0. The molecule has 0 spiro atoms. The normalized spacial score (nSPS) is 16.9. The zero-order chi connectivity index (χ0) is 24.2. The molecule has 2 saturated heterocycles. The van der Waals surface area contributed by atoms with E-state index in [0.717, 1.165) is 49.4 Å². The van der Waals surface area contributed by atoms with Gasteiger partial charge < -0.3 is 19.4 Å². The number of aromatic nitrogens is 4. The third-order valence-corrected chi connectivity index (χ3v) is 6.73. The minimum absolute atomic E-state index is 0.0205. The number of nitrogens with zero attached hydrogens (tertiary/aromatic N) is 7. The first kappa shape index (κ1) is 23.0. The standard InChI is InChI=1S/C26H31N7O2/c1-19-11-13-31(14-12-19)23-8-9-24(29-28-23)32-15-17-33(18-16-32)26(34)21-4-6-22(7-5-21)35-25-10-3-20(2)27-30-25/h3-10,19H,11-18H2,1-2H3. The highest BCUT2D eigenvalue weighted by Gasteiger charge is 2.24. The van der Waals surface area contributed by atoms with E-state index in [1.165, 1.54) is 12.8 Å². The van der Waals surface area contributed by atoms with Gasteiger partial charge in [0, 0.05) is 50.9 Å². The molecule has 182 valence electrons. The minimum Gasteiger partial charge on any atom is -0.438 e. The number of carbonyl (C=O) groups excluding carboxylic acids is 1. The van der Waals surface area contributed by atoms with E-state index in [4.69, 9.17) is 4.74 Å². The van der Waals surface area contributed by atoms with Crippen molar-refractivity contribution >= 4 is 17.5 Å². The maximum Gasteiger partial charge on any atom is 0.253 e. The SMILES string of the molecule is Cc1ccc(Oc2ccc(C(=O)N3CCN(c4ccc(N5CCC(C)CC5)nn4)CC3)cc2)nn1. The second-order valence-corrected chi connectivity index (χ2v) is 9.34. The molecular weight excluding hydrogens is 442 g/mol. The van der Waals surface area contributed by atoms with Crippen molar-refractivity contribution in [3.8, 4) is 11.6 Å². The lowest BCUT2D eigenvalue weighted by molar-refractivity contribution is 0.0746. The molecule has 4 heterocycles. The lowest BCUT2D eigenvalue weighted by atomic mass is 9.99. The Kier molecular flexibility index (Phi) is 6.74. The number of anilines is 2. The van der Waals surface area contributed by atoms with E-state index in [9.17, 15) is 4.79 Å². The summed E-state index contributed by atoms with van der Waals surface area (Å²) in [5.41, 5.74) is 1.47. The van der Waals surface area contributed by atoms with Gasteiger partial charge in [0.15, 0.2) is 11.6 Å². The van der Waals surface area contributed by atoms with Crippen molar-refractivity contribution in [3.05, 3.63) is 59.8 Å². The van der Waals surface area contributed by atoms with Gasteiger partial charge in [0.25, 0.3) is 5.91 Å². The molecule has 5 rings (SSSR count). The van der Waals surface area contributed by atoms with E-state index in [-0.39, 0.29) is 5.91 Å². The number of piperazine rings is 1. The van der Waals surface area contributed by atoms with E-state index < -0.39 is 0 Å². The first-order valence-electron chi connectivity index (χ1n) is 12.3. The van der Waals surface area contributed by atoms with Crippen LogP contribution in [0.4, 0.5) is 11.6 Å². The Morgan fingerprint density at radius 1 is 0.771 bits per heavy atom. The number of hydrogen-bond donors (Lipinski definition) is 0. The van der Waals surface area contributed by atoms with Crippen LogP contribution in [-0.4, -0.2) is 70.5 Å². The van der Waals surface area contributed by atoms with Crippen molar-refractivity contribution in [2.24, 2.45) is 5.92 Å². The van der Waals surface area contributed by atoms with Crippen LogP contribution in [0.2, 0.25) is 0 Å². The molecule has 9 nitrogen and oxygen atoms in total. The number of benzene rings is 1. The highest BCUT2D eigenvalue weighted by molar-refractivity contribution is 5.94. The van der Waals surface area contributed by atoms with E-state index in [2.05, 4.69) is 49.3 Å². The highest BCUT2D eigenvalue weighted by Crippen LogP contribution is 2.23. The van der Waals surface area contributed by atoms with Gasteiger partial charge >= 0.3 is 0 Å². The van der Waals surface area contributed by atoms with Crippen LogP contribution in [0.25, 0.3) is 0 Å². The van der Waals surface area contributed by atoms with Crippen LogP contribution in [0.5, 0.6) is 11.6 Å². The average molecular weight is 474 g/mol. The fourth-order valence-electron chi connectivity index (χ4n) is 4.44. The van der Waals surface area contributed by atoms with Crippen LogP contribution >= 0.6 is 0 Å². The quantitative estimate of drug-likeness (QED) is 0.556. The van der Waals surface area contributed by atoms with Crippen LogP contribution in [0.15, 0.2) is 48.5 Å². The molecule has 1 amide bonds. The zero-order valence-electron chi connectivity index (χ0n) is 20.3. The van der Waals surface area contributed by atoms with Crippen LogP contribution in [0.3, 0.4) is 0 Å². The molecule has 3 aromatic rings. The van der Waals surface area contributed by atoms with Crippen molar-refractivity contribution < 1.29 is 9.53 Å². The average Bonchev–Trinajstić information content (AvgIpc) is 2.91. The maximum atomic E-state index is 13.0. The molecular formula is C26H31N7O2. The molecule has 0 N–H and O–H groups in total. The number of amides is 1. The molecule has 35 heavy (non-hydrogen) atoms. The Morgan fingerprint density at radius 2 is 1.40 bits per heavy atom. The van der Waals surface area contributed by atoms with Gasteiger partial charge in [-0.2, -0.15) is 5.10 Å². The third kappa shape index (κ3) is 5.50. The highest BCUT2D eigenvalue weighted by atomic mass is 16.5. The summed E-state index contributed by atoms with van der Waals surface area (Å²) in [6.07, 6.45) is 2.41. The summed E-state index contributed by atoms with van der Waals surface area (Å²) in [7, 11) is 0. The van der Waals surface area contributed by atoms with Gasteiger partial charge in [-0.25, -0.2) is 0 Å². The van der Waals surface area contributed by atoms with E-state index in [0.29, 0.717) is 30.3 Å². The van der Waals surface area contributed by atoms with Crippen molar-refractivity contribution in [2.45, 2.75) is 26.7 Å². The van der Waals surface area contributed by atoms with Crippen molar-refractivity contribution in [3.63, 3.8) is 0 Å². The van der Waals surface area contributed by atoms with Gasteiger partial charge in [-0.3, -0.25) is 4.79 Å². The Hall–Kier alpha value is -3.75. The molecule has 2 fully saturated rings. The maximum absolute atomic E-state index is 13.0. The number of rotatable bonds is 5. The largest absolute Gasteiger partial charge is 0.438 e. The number of piperidine rings is 1. The van der Waals surface area contributed by atoms with E-state index in [1.807, 2.05) is 17.9 Å². The second kappa shape index (κ2) is 10.2. The minimum atomic E-state index is 0.0205. The summed E-state index contributed by atoms with van der Waals surface area (Å²) in [5, 5.41) is 17.0. The number of ether oxygens (including phenoxy) is 1. The molecule has 0 saturated carbocycles. The Bertz CT molecular complexity index is 1120. The van der Waals surface area contributed by atoms with E-state index >= 15 is 0 Å². The van der Waals surface area contributed by atoms with Crippen molar-refractivity contribution in [1.82, 2.24) is 25.3 Å². The van der Waals surface area contributed by atoms with Gasteiger partial charge in [0.05, 0.1) is 5.69 Å². The van der Waals surface area contributed by atoms with Crippen molar-refractivity contribution in [2.75, 3.05) is 49.1 Å². The summed E-state index contributed by atoms with van der Waals surface area (Å²) in [4.78, 5) is 19.4. The van der Waals surface area contributed by atoms with Crippen LogP contribution in [0.1, 0.15) is 35.8 Å². The molecule has 2 aliphatic heterocycles. The third-order valence-electron chi connectivity index (χ3n) is 6.73. The van der Waals surface area contributed by atoms with Gasteiger partial charge in [-0.05, 0) is 68.1 Å². The smallest absolute Gasteiger partial charge is 0.253 e. The van der Waals surface area contributed by atoms with Crippen LogP contribution in [0, 0.1) is 12.8 Å². The van der Waals surface area contributed by atoms with Crippen LogP contribution in [-0.2, 0) is 0 Å². The zero-order valence-corrected chi connectivity index (χ0v) is 20.3. The second-order valence-electron chi connectivity index (χ2n) is 9.34. The summed E-state index contributed by atoms with van der Waals surface area (Å²) in [6, 6.07) is 14.9. The molecule has 1 aromatic carbocycles. The molecule has 0 bridgehead atoms. The Balaban J connectivity index is 1.13. The molecule has 2 aromatic heterocycles. The molecule has 0 unspecified atom stereocenters. The van der Waals surface area contributed by atoms with Gasteiger partial charge in [-0.1, -0.05) is 6.92 Å². The van der Waals surface area contributed by atoms with Gasteiger partial charge in [0.1, 0.15) is 5.75 Å². The molecule has 0 aliphatic carbocycles. The van der Waals surface area contributed by atoms with Crippen LogP contribution < -0.4 is 14.5 Å². The molecule has 0 radical (unpaired) electrons. The lowest BCUT2D eigenvalue weighted by Gasteiger charge is -2.35. The predicted molar refractivity (Wildman–Crippen MR) is 134 cm³/mol. The number of aryl methyl sites for hydroxylation is 1. The Labute approximate surface area is 205 Å². The van der Waals surface area contributed by atoms with Gasteiger partial charge in [0.2, 0.25) is 5.88 Å². The molecule has 9 heteroatoms. The predicted octanol–water partition coefficient (Wildman–Crippen LogP) is 3.57. The summed E-state index contributed by atoms with van der Waals surface area (Å²) in [6.45, 7) is 9.01. The first-order valence-corrected chi connectivity index (χ1v) is 12.3. The monoisotopic (exact) mass is 473 g/mol. The lowest BCUT2D eigenvalue weighted by Crippen LogP contribution is -2.49. The summed E-state index contributed by atoms with van der Waals surface area (Å²) in [5.74, 6) is 3.67. The fraction of sp³-hybridized carbons (Fsp3) is 0.423. The van der Waals surface area contributed by atoms with E-state index in [1.54, 1.807) is 30.3 Å². The molecule has 0 atom stereocenters. The summed E-state index contributed by atoms with van der Waals surface area (Å²) < 4.78 is 5.71. The number of carbonyl (C=O) groups is 1. The number of hydrogen-bond acceptors (Lipinski definition) is 8. The summed E-state index contributed by atoms with van der Waals surface area (Å²) >= 11 is 0.